The molecular weight excluding hydrogens is 241 g/mol. The van der Waals surface area contributed by atoms with E-state index in [4.69, 9.17) is 0 Å². The van der Waals surface area contributed by atoms with E-state index in [0.29, 0.717) is 29.5 Å². The summed E-state index contributed by atoms with van der Waals surface area (Å²) in [4.78, 5) is 12.8. The second-order valence-corrected chi connectivity index (χ2v) is 5.35. The smallest absolute Gasteiger partial charge is 0.150 e. The van der Waals surface area contributed by atoms with Crippen LogP contribution in [0.5, 0.6) is 0 Å². The van der Waals surface area contributed by atoms with Gasteiger partial charge in [0.25, 0.3) is 0 Å². The molecule has 0 atom stereocenters. The van der Waals surface area contributed by atoms with Crippen LogP contribution in [0.1, 0.15) is 50.9 Å². The molecule has 0 saturated carbocycles. The monoisotopic (exact) mass is 265 g/mol. The molecule has 0 saturated heterocycles. The number of aldehydes is 1. The predicted octanol–water partition coefficient (Wildman–Crippen LogP) is 4.29. The van der Waals surface area contributed by atoms with Crippen molar-refractivity contribution in [3.63, 3.8) is 0 Å². The summed E-state index contributed by atoms with van der Waals surface area (Å²) in [6, 6.07) is 5.05. The number of hydrogen-bond donors (Lipinski definition) is 0. The van der Waals surface area contributed by atoms with Gasteiger partial charge < -0.3 is 4.90 Å². The Balaban J connectivity index is 3.12. The van der Waals surface area contributed by atoms with Gasteiger partial charge in [-0.3, -0.25) is 4.79 Å². The summed E-state index contributed by atoms with van der Waals surface area (Å²) in [5.74, 6) is 0.155. The Morgan fingerprint density at radius 3 is 2.32 bits per heavy atom. The first-order valence-corrected chi connectivity index (χ1v) is 7.04. The Hall–Kier alpha value is -1.38. The summed E-state index contributed by atoms with van der Waals surface area (Å²) in [7, 11) is 0. The topological polar surface area (TPSA) is 20.3 Å². The third kappa shape index (κ3) is 4.05. The fraction of sp³-hybridized carbons (Fsp3) is 0.562. The minimum absolute atomic E-state index is 0.308. The summed E-state index contributed by atoms with van der Waals surface area (Å²) in [6.07, 6.45) is 2.65. The molecule has 1 rings (SSSR count). The number of benzene rings is 1. The highest BCUT2D eigenvalue weighted by Gasteiger charge is 2.20. The van der Waals surface area contributed by atoms with E-state index in [2.05, 4.69) is 32.6 Å². The second kappa shape index (κ2) is 7.27. The van der Waals surface area contributed by atoms with Gasteiger partial charge in [-0.1, -0.05) is 27.7 Å². The van der Waals surface area contributed by atoms with Gasteiger partial charge >= 0.3 is 0 Å². The van der Waals surface area contributed by atoms with E-state index in [1.807, 2.05) is 0 Å². The maximum absolute atomic E-state index is 14.2. The Morgan fingerprint density at radius 1 is 1.26 bits per heavy atom. The van der Waals surface area contributed by atoms with E-state index in [9.17, 15) is 9.18 Å². The third-order valence-corrected chi connectivity index (χ3v) is 3.36. The minimum atomic E-state index is -0.308. The molecule has 19 heavy (non-hydrogen) atoms. The van der Waals surface area contributed by atoms with Gasteiger partial charge in [0, 0.05) is 18.2 Å². The van der Waals surface area contributed by atoms with Crippen molar-refractivity contribution in [3.8, 4) is 0 Å². The molecular formula is C16H24FNO. The molecule has 0 radical (unpaired) electrons. The van der Waals surface area contributed by atoms with Crippen LogP contribution in [0.2, 0.25) is 0 Å². The molecule has 1 aromatic rings. The number of carbonyl (C=O) groups excluding carboxylic acids is 1. The fourth-order valence-corrected chi connectivity index (χ4v) is 2.40. The van der Waals surface area contributed by atoms with E-state index in [1.165, 1.54) is 6.07 Å². The highest BCUT2D eigenvalue weighted by molar-refractivity contribution is 5.76. The molecule has 0 spiro atoms. The van der Waals surface area contributed by atoms with Gasteiger partial charge in [0.05, 0.1) is 5.69 Å². The van der Waals surface area contributed by atoms with Crippen LogP contribution < -0.4 is 4.90 Å². The molecule has 106 valence electrons. The first-order chi connectivity index (χ1) is 9.03. The molecule has 0 amide bonds. The quantitative estimate of drug-likeness (QED) is 0.685. The zero-order chi connectivity index (χ0) is 14.4. The number of halogens is 1. The van der Waals surface area contributed by atoms with Crippen LogP contribution in [0, 0.1) is 11.7 Å². The lowest BCUT2D eigenvalue weighted by Crippen LogP contribution is -2.38. The van der Waals surface area contributed by atoms with Gasteiger partial charge in [-0.25, -0.2) is 4.39 Å². The molecule has 0 unspecified atom stereocenters. The van der Waals surface area contributed by atoms with Gasteiger partial charge in [0.2, 0.25) is 0 Å². The number of carbonyl (C=O) groups is 1. The van der Waals surface area contributed by atoms with Crippen LogP contribution in [0.15, 0.2) is 18.2 Å². The third-order valence-electron chi connectivity index (χ3n) is 3.36. The van der Waals surface area contributed by atoms with E-state index in [1.54, 1.807) is 12.1 Å². The lowest BCUT2D eigenvalue weighted by atomic mass is 10.1. The maximum Gasteiger partial charge on any atom is 0.150 e. The molecule has 0 aliphatic carbocycles. The zero-order valence-corrected chi connectivity index (χ0v) is 12.3. The summed E-state index contributed by atoms with van der Waals surface area (Å²) in [5, 5.41) is 0. The van der Waals surface area contributed by atoms with Crippen molar-refractivity contribution >= 4 is 12.0 Å². The second-order valence-electron chi connectivity index (χ2n) is 5.35. The first kappa shape index (κ1) is 15.7. The minimum Gasteiger partial charge on any atom is -0.366 e. The first-order valence-electron chi connectivity index (χ1n) is 7.04. The van der Waals surface area contributed by atoms with Gasteiger partial charge in [0.15, 0.2) is 0 Å². The van der Waals surface area contributed by atoms with E-state index in [-0.39, 0.29) is 5.82 Å². The number of rotatable bonds is 7. The van der Waals surface area contributed by atoms with Crippen molar-refractivity contribution in [1.29, 1.82) is 0 Å². The Morgan fingerprint density at radius 2 is 1.89 bits per heavy atom. The van der Waals surface area contributed by atoms with Crippen molar-refractivity contribution in [3.05, 3.63) is 29.6 Å². The van der Waals surface area contributed by atoms with Crippen molar-refractivity contribution in [2.24, 2.45) is 5.92 Å². The summed E-state index contributed by atoms with van der Waals surface area (Å²) >= 11 is 0. The highest BCUT2D eigenvalue weighted by Crippen LogP contribution is 2.25. The number of nitrogens with zero attached hydrogens (tertiary/aromatic N) is 1. The molecule has 3 heteroatoms. The fourth-order valence-electron chi connectivity index (χ4n) is 2.40. The van der Waals surface area contributed by atoms with E-state index in [0.717, 1.165) is 19.4 Å². The summed E-state index contributed by atoms with van der Waals surface area (Å²) < 4.78 is 14.2. The molecule has 2 nitrogen and oxygen atoms in total. The molecule has 0 aliphatic rings. The average Bonchev–Trinajstić information content (AvgIpc) is 2.38. The molecule has 0 N–H and O–H groups in total. The molecule has 0 fully saturated rings. The van der Waals surface area contributed by atoms with Gasteiger partial charge in [0.1, 0.15) is 12.1 Å². The molecule has 0 heterocycles. The van der Waals surface area contributed by atoms with E-state index >= 15 is 0 Å². The number of anilines is 1. The lowest BCUT2D eigenvalue weighted by molar-refractivity contribution is 0.112. The van der Waals surface area contributed by atoms with Gasteiger partial charge in [-0.05, 0) is 37.0 Å². The maximum atomic E-state index is 14.2. The Bertz CT molecular complexity index is 413. The van der Waals surface area contributed by atoms with Gasteiger partial charge in [-0.15, -0.1) is 0 Å². The van der Waals surface area contributed by atoms with Crippen LogP contribution in [0.25, 0.3) is 0 Å². The summed E-state index contributed by atoms with van der Waals surface area (Å²) in [5.41, 5.74) is 0.989. The van der Waals surface area contributed by atoms with Crippen molar-refractivity contribution in [2.45, 2.75) is 46.6 Å². The average molecular weight is 265 g/mol. The molecule has 0 bridgehead atoms. The standard InChI is InChI=1S/C16H24FNO/c1-5-14(6-2)18(10-12(3)4)16-8-7-13(11-19)9-15(16)17/h7-9,11-12,14H,5-6,10H2,1-4H3. The SMILES string of the molecule is CCC(CC)N(CC(C)C)c1ccc(C=O)cc1F. The van der Waals surface area contributed by atoms with Crippen LogP contribution >= 0.6 is 0 Å². The van der Waals surface area contributed by atoms with Crippen LogP contribution in [0.4, 0.5) is 10.1 Å². The predicted molar refractivity (Wildman–Crippen MR) is 78.3 cm³/mol. The lowest BCUT2D eigenvalue weighted by Gasteiger charge is -2.34. The van der Waals surface area contributed by atoms with Crippen LogP contribution in [-0.4, -0.2) is 18.9 Å². The molecule has 1 aromatic carbocycles. The van der Waals surface area contributed by atoms with Crippen molar-refractivity contribution in [1.82, 2.24) is 0 Å². The molecule has 0 aromatic heterocycles. The highest BCUT2D eigenvalue weighted by atomic mass is 19.1. The normalized spacial score (nSPS) is 11.1. The van der Waals surface area contributed by atoms with Crippen molar-refractivity contribution < 1.29 is 9.18 Å². The zero-order valence-electron chi connectivity index (χ0n) is 12.3. The Labute approximate surface area is 115 Å². The van der Waals surface area contributed by atoms with Crippen molar-refractivity contribution in [2.75, 3.05) is 11.4 Å². The number of hydrogen-bond acceptors (Lipinski definition) is 2. The van der Waals surface area contributed by atoms with Crippen LogP contribution in [0.3, 0.4) is 0 Å². The van der Waals surface area contributed by atoms with Crippen LogP contribution in [-0.2, 0) is 0 Å². The largest absolute Gasteiger partial charge is 0.366 e. The van der Waals surface area contributed by atoms with Gasteiger partial charge in [-0.2, -0.15) is 0 Å². The Kier molecular flexibility index (Phi) is 6.00. The molecule has 0 aliphatic heterocycles. The summed E-state index contributed by atoms with van der Waals surface area (Å²) in [6.45, 7) is 9.34. The van der Waals surface area contributed by atoms with E-state index < -0.39 is 0 Å².